The first-order valence-electron chi connectivity index (χ1n) is 9.09. The average molecular weight is 369 g/mol. The fourth-order valence-corrected chi connectivity index (χ4v) is 2.41. The summed E-state index contributed by atoms with van der Waals surface area (Å²) in [4.78, 5) is 29.5. The van der Waals surface area contributed by atoms with Crippen LogP contribution in [-0.2, 0) is 23.1 Å². The summed E-state index contributed by atoms with van der Waals surface area (Å²) in [6.07, 6.45) is 1.16. The molecule has 0 bridgehead atoms. The van der Waals surface area contributed by atoms with Gasteiger partial charge in [-0.2, -0.15) is 4.99 Å². The van der Waals surface area contributed by atoms with Gasteiger partial charge in [0.1, 0.15) is 12.4 Å². The summed E-state index contributed by atoms with van der Waals surface area (Å²) >= 11 is 0. The largest absolute Gasteiger partial charge is 0.478 e. The van der Waals surface area contributed by atoms with E-state index in [-0.39, 0.29) is 19.1 Å². The molecule has 8 nitrogen and oxygen atoms in total. The van der Waals surface area contributed by atoms with E-state index in [1.54, 1.807) is 14.0 Å². The topological polar surface area (TPSA) is 95.1 Å². The fraction of sp³-hybridized carbons (Fsp3) is 0.722. The molecule has 0 aromatic carbocycles. The van der Waals surface area contributed by atoms with E-state index in [9.17, 15) is 9.59 Å². The van der Waals surface area contributed by atoms with Crippen LogP contribution in [0.25, 0.3) is 0 Å². The third-order valence-electron chi connectivity index (χ3n) is 4.21. The molecule has 0 aliphatic heterocycles. The zero-order valence-corrected chi connectivity index (χ0v) is 16.4. The molecule has 1 heterocycles. The third kappa shape index (κ3) is 5.54. The summed E-state index contributed by atoms with van der Waals surface area (Å²) in [6, 6.07) is 0. The van der Waals surface area contributed by atoms with E-state index in [1.165, 1.54) is 4.57 Å². The molecule has 0 aliphatic rings. The van der Waals surface area contributed by atoms with Crippen LogP contribution >= 0.6 is 0 Å². The summed E-state index contributed by atoms with van der Waals surface area (Å²) in [5.74, 6) is 0.827. The Morgan fingerprint density at radius 2 is 1.96 bits per heavy atom. The summed E-state index contributed by atoms with van der Waals surface area (Å²) < 4.78 is 13.5. The van der Waals surface area contributed by atoms with Crippen molar-refractivity contribution in [3.8, 4) is 0 Å². The molecule has 0 saturated carbocycles. The van der Waals surface area contributed by atoms with Gasteiger partial charge >= 0.3 is 5.69 Å². The molecule has 0 amide bonds. The number of rotatable bonds is 10. The van der Waals surface area contributed by atoms with E-state index >= 15 is 0 Å². The molecule has 1 aromatic heterocycles. The van der Waals surface area contributed by atoms with E-state index in [4.69, 9.17) is 14.6 Å². The first kappa shape index (κ1) is 22.1. The summed E-state index contributed by atoms with van der Waals surface area (Å²) in [5, 5.41) is 8.96. The van der Waals surface area contributed by atoms with Crippen LogP contribution in [0.2, 0.25) is 0 Å². The van der Waals surface area contributed by atoms with Crippen molar-refractivity contribution in [2.45, 2.75) is 47.1 Å². The number of hydrogen-bond donors (Lipinski definition) is 1. The highest BCUT2D eigenvalue weighted by Gasteiger charge is 2.17. The molecule has 148 valence electrons. The fourth-order valence-electron chi connectivity index (χ4n) is 2.41. The van der Waals surface area contributed by atoms with Crippen LogP contribution in [0.15, 0.2) is 14.6 Å². The number of aliphatic hydroxyl groups is 1. The molecule has 1 rings (SSSR count). The Labute approximate surface area is 154 Å². The molecule has 1 unspecified atom stereocenters. The first-order valence-corrected chi connectivity index (χ1v) is 9.09. The van der Waals surface area contributed by atoms with Crippen molar-refractivity contribution in [1.82, 2.24) is 9.13 Å². The van der Waals surface area contributed by atoms with Gasteiger partial charge in [-0.15, -0.1) is 0 Å². The highest BCUT2D eigenvalue weighted by Crippen LogP contribution is 2.16. The molecular formula is C18H31N3O5. The van der Waals surface area contributed by atoms with Crippen LogP contribution in [0.3, 0.4) is 0 Å². The van der Waals surface area contributed by atoms with Gasteiger partial charge in [0, 0.05) is 32.7 Å². The lowest BCUT2D eigenvalue weighted by Gasteiger charge is -2.17. The molecule has 0 radical (unpaired) electrons. The summed E-state index contributed by atoms with van der Waals surface area (Å²) in [7, 11) is 1.58. The van der Waals surface area contributed by atoms with E-state index in [2.05, 4.69) is 4.99 Å². The highest BCUT2D eigenvalue weighted by atomic mass is 16.5. The molecule has 1 aromatic rings. The molecular weight excluding hydrogens is 338 g/mol. The van der Waals surface area contributed by atoms with Gasteiger partial charge < -0.3 is 14.6 Å². The van der Waals surface area contributed by atoms with Crippen molar-refractivity contribution in [3.05, 3.63) is 26.4 Å². The number of nitrogens with zero attached hydrogens (tertiary/aromatic N) is 3. The lowest BCUT2D eigenvalue weighted by atomic mass is 10.1. The second-order valence-corrected chi connectivity index (χ2v) is 6.13. The Morgan fingerprint density at radius 1 is 1.27 bits per heavy atom. The Kier molecular flexibility index (Phi) is 9.29. The Hall–Kier alpha value is -1.93. The van der Waals surface area contributed by atoms with Gasteiger partial charge in [0.25, 0.3) is 5.56 Å². The lowest BCUT2D eigenvalue weighted by Crippen LogP contribution is -2.40. The van der Waals surface area contributed by atoms with Crippen LogP contribution < -0.4 is 11.2 Å². The van der Waals surface area contributed by atoms with Crippen molar-refractivity contribution < 1.29 is 14.6 Å². The van der Waals surface area contributed by atoms with Gasteiger partial charge in [-0.05, 0) is 26.7 Å². The average Bonchev–Trinajstić information content (AvgIpc) is 2.64. The minimum atomic E-state index is -0.453. The lowest BCUT2D eigenvalue weighted by molar-refractivity contribution is 0.103. The molecule has 1 N–H and O–H groups in total. The normalized spacial score (nSPS) is 13.1. The highest BCUT2D eigenvalue weighted by molar-refractivity contribution is 5.81. The van der Waals surface area contributed by atoms with E-state index in [0.717, 1.165) is 11.0 Å². The smallest absolute Gasteiger partial charge is 0.332 e. The van der Waals surface area contributed by atoms with E-state index in [1.807, 2.05) is 20.8 Å². The minimum absolute atomic E-state index is 0.0444. The molecule has 0 fully saturated rings. The van der Waals surface area contributed by atoms with Crippen LogP contribution in [0.4, 0.5) is 5.82 Å². The second-order valence-electron chi connectivity index (χ2n) is 6.13. The van der Waals surface area contributed by atoms with Crippen molar-refractivity contribution >= 4 is 11.7 Å². The molecule has 0 aliphatic carbocycles. The van der Waals surface area contributed by atoms with Gasteiger partial charge in [0.2, 0.25) is 0 Å². The second kappa shape index (κ2) is 10.9. The Morgan fingerprint density at radius 3 is 2.54 bits per heavy atom. The van der Waals surface area contributed by atoms with Gasteiger partial charge in [-0.3, -0.25) is 13.9 Å². The van der Waals surface area contributed by atoms with Gasteiger partial charge in [0.15, 0.2) is 5.90 Å². The Bertz CT molecular complexity index is 684. The van der Waals surface area contributed by atoms with Crippen LogP contribution in [0, 0.1) is 12.8 Å². The molecule has 0 saturated heterocycles. The maximum Gasteiger partial charge on any atom is 0.332 e. The third-order valence-corrected chi connectivity index (χ3v) is 4.21. The summed E-state index contributed by atoms with van der Waals surface area (Å²) in [5.41, 5.74) is -0.469. The van der Waals surface area contributed by atoms with Crippen molar-refractivity contribution in [2.75, 3.05) is 26.4 Å². The molecule has 8 heteroatoms. The van der Waals surface area contributed by atoms with Gasteiger partial charge in [0.05, 0.1) is 12.2 Å². The monoisotopic (exact) mass is 369 g/mol. The van der Waals surface area contributed by atoms with Crippen molar-refractivity contribution in [1.29, 1.82) is 0 Å². The maximum absolute atomic E-state index is 12.5. The zero-order chi connectivity index (χ0) is 19.7. The van der Waals surface area contributed by atoms with Crippen molar-refractivity contribution in [3.63, 3.8) is 0 Å². The Balaban J connectivity index is 3.31. The van der Waals surface area contributed by atoms with Gasteiger partial charge in [-0.25, -0.2) is 4.79 Å². The number of aliphatic imine (C=N–C) groups is 1. The summed E-state index contributed by atoms with van der Waals surface area (Å²) in [6.45, 7) is 9.07. The number of aromatic nitrogens is 2. The predicted octanol–water partition coefficient (Wildman–Crippen LogP) is 1.37. The predicted molar refractivity (Wildman–Crippen MR) is 101 cm³/mol. The van der Waals surface area contributed by atoms with E-state index in [0.29, 0.717) is 43.5 Å². The van der Waals surface area contributed by atoms with Crippen LogP contribution in [0.1, 0.15) is 39.2 Å². The number of ether oxygens (including phenoxy) is 2. The molecule has 0 spiro atoms. The van der Waals surface area contributed by atoms with Crippen LogP contribution in [0.5, 0.6) is 0 Å². The molecule has 1 atom stereocenters. The SMILES string of the molecule is CCOCCO/C(=N/c1c(C)c(=O)n(CCCO)c(=O)n1C)C(C)CC. The standard InChI is InChI=1S/C18H31N3O5/c1-6-13(3)16(26-12-11-25-7-2)19-15-14(4)17(23)21(9-8-10-22)18(24)20(15)5/h13,22H,6-12H2,1-5H3/b19-16+. The maximum atomic E-state index is 12.5. The number of aliphatic hydroxyl groups excluding tert-OH is 1. The van der Waals surface area contributed by atoms with E-state index < -0.39 is 11.2 Å². The number of hydrogen-bond acceptors (Lipinski definition) is 6. The molecule has 26 heavy (non-hydrogen) atoms. The van der Waals surface area contributed by atoms with Gasteiger partial charge in [-0.1, -0.05) is 13.8 Å². The zero-order valence-electron chi connectivity index (χ0n) is 16.4. The first-order chi connectivity index (χ1) is 12.4. The van der Waals surface area contributed by atoms with Crippen LogP contribution in [-0.4, -0.2) is 46.6 Å². The van der Waals surface area contributed by atoms with Crippen molar-refractivity contribution in [2.24, 2.45) is 18.0 Å². The quantitative estimate of drug-likeness (QED) is 0.382. The minimum Gasteiger partial charge on any atom is -0.478 e.